The second kappa shape index (κ2) is 6.56. The normalized spacial score (nSPS) is 11.2. The van der Waals surface area contributed by atoms with Gasteiger partial charge in [-0.1, -0.05) is 32.0 Å². The summed E-state index contributed by atoms with van der Waals surface area (Å²) in [5.41, 5.74) is 2.84. The molecule has 3 rings (SSSR count). The number of fused-ring (bicyclic) bond motifs is 1. The molecule has 0 N–H and O–H groups in total. The summed E-state index contributed by atoms with van der Waals surface area (Å²) in [7, 11) is 1.73. The SMILES string of the molecule is CC(C)CCn1c(=O)n(C)c2cc(-c3cccc(F)c3C#N)ccc21. The van der Waals surface area contributed by atoms with Crippen molar-refractivity contribution in [2.24, 2.45) is 13.0 Å². The second-order valence-corrected chi connectivity index (χ2v) is 6.65. The maximum Gasteiger partial charge on any atom is 0.328 e. The standard InChI is InChI=1S/C20H20FN3O/c1-13(2)9-10-24-18-8-7-14(11-19(18)23(3)20(24)25)15-5-4-6-17(21)16(15)12-22/h4-8,11,13H,9-10H2,1-3H3. The predicted molar refractivity (Wildman–Crippen MR) is 96.7 cm³/mol. The van der Waals surface area contributed by atoms with Crippen molar-refractivity contribution in [1.82, 2.24) is 9.13 Å². The third-order valence-corrected chi connectivity index (χ3v) is 4.51. The Morgan fingerprint density at radius 2 is 1.96 bits per heavy atom. The van der Waals surface area contributed by atoms with Gasteiger partial charge in [-0.25, -0.2) is 9.18 Å². The number of hydrogen-bond donors (Lipinski definition) is 0. The number of rotatable bonds is 4. The molecule has 0 bridgehead atoms. The lowest BCUT2D eigenvalue weighted by molar-refractivity contribution is 0.511. The van der Waals surface area contributed by atoms with E-state index >= 15 is 0 Å². The summed E-state index contributed by atoms with van der Waals surface area (Å²) in [6.07, 6.45) is 0.920. The monoisotopic (exact) mass is 337 g/mol. The van der Waals surface area contributed by atoms with Crippen LogP contribution in [0.3, 0.4) is 0 Å². The summed E-state index contributed by atoms with van der Waals surface area (Å²) < 4.78 is 17.3. The van der Waals surface area contributed by atoms with Crippen LogP contribution in [0.5, 0.6) is 0 Å². The van der Waals surface area contributed by atoms with Gasteiger partial charge in [-0.3, -0.25) is 9.13 Å². The second-order valence-electron chi connectivity index (χ2n) is 6.65. The maximum atomic E-state index is 13.9. The van der Waals surface area contributed by atoms with Gasteiger partial charge in [-0.2, -0.15) is 5.26 Å². The highest BCUT2D eigenvalue weighted by molar-refractivity contribution is 5.84. The summed E-state index contributed by atoms with van der Waals surface area (Å²) in [6.45, 7) is 4.92. The third-order valence-electron chi connectivity index (χ3n) is 4.51. The van der Waals surface area contributed by atoms with E-state index in [1.165, 1.54) is 6.07 Å². The molecule has 5 heteroatoms. The van der Waals surface area contributed by atoms with E-state index in [2.05, 4.69) is 13.8 Å². The Labute approximate surface area is 145 Å². The summed E-state index contributed by atoms with van der Waals surface area (Å²) in [5, 5.41) is 9.25. The van der Waals surface area contributed by atoms with Crippen molar-refractivity contribution in [3.8, 4) is 17.2 Å². The van der Waals surface area contributed by atoms with Crippen LogP contribution in [0.25, 0.3) is 22.2 Å². The van der Waals surface area contributed by atoms with Gasteiger partial charge < -0.3 is 0 Å². The van der Waals surface area contributed by atoms with E-state index in [0.717, 1.165) is 23.0 Å². The highest BCUT2D eigenvalue weighted by atomic mass is 19.1. The fraction of sp³-hybridized carbons (Fsp3) is 0.300. The molecule has 0 aliphatic heterocycles. The summed E-state index contributed by atoms with van der Waals surface area (Å²) in [5.74, 6) is -0.0320. The van der Waals surface area contributed by atoms with Crippen LogP contribution in [0.4, 0.5) is 4.39 Å². The largest absolute Gasteiger partial charge is 0.328 e. The van der Waals surface area contributed by atoms with Crippen molar-refractivity contribution in [2.75, 3.05) is 0 Å². The molecular weight excluding hydrogens is 317 g/mol. The Balaban J connectivity index is 2.17. The highest BCUT2D eigenvalue weighted by Gasteiger charge is 2.14. The molecule has 0 aliphatic rings. The van der Waals surface area contributed by atoms with Crippen LogP contribution >= 0.6 is 0 Å². The highest BCUT2D eigenvalue weighted by Crippen LogP contribution is 2.28. The van der Waals surface area contributed by atoms with Crippen molar-refractivity contribution < 1.29 is 4.39 Å². The number of hydrogen-bond acceptors (Lipinski definition) is 2. The number of nitriles is 1. The zero-order valence-corrected chi connectivity index (χ0v) is 14.6. The molecule has 0 saturated heterocycles. The molecule has 1 heterocycles. The lowest BCUT2D eigenvalue weighted by Gasteiger charge is -2.08. The van der Waals surface area contributed by atoms with Crippen LogP contribution in [-0.2, 0) is 13.6 Å². The Hall–Kier alpha value is -2.87. The molecule has 3 aromatic rings. The molecule has 128 valence electrons. The van der Waals surface area contributed by atoms with Gasteiger partial charge >= 0.3 is 5.69 Å². The molecule has 4 nitrogen and oxygen atoms in total. The molecule has 1 aromatic heterocycles. The van der Waals surface area contributed by atoms with E-state index in [1.807, 2.05) is 24.3 Å². The molecule has 0 radical (unpaired) electrons. The van der Waals surface area contributed by atoms with Crippen molar-refractivity contribution in [3.05, 3.63) is 58.3 Å². The van der Waals surface area contributed by atoms with Crippen molar-refractivity contribution in [1.29, 1.82) is 5.26 Å². The van der Waals surface area contributed by atoms with E-state index in [1.54, 1.807) is 28.3 Å². The van der Waals surface area contributed by atoms with Crippen LogP contribution in [0.15, 0.2) is 41.2 Å². The first-order valence-electron chi connectivity index (χ1n) is 8.32. The molecule has 0 amide bonds. The van der Waals surface area contributed by atoms with Gasteiger partial charge in [-0.15, -0.1) is 0 Å². The Bertz CT molecular complexity index is 1040. The van der Waals surface area contributed by atoms with Gasteiger partial charge in [0.15, 0.2) is 0 Å². The number of aromatic nitrogens is 2. The van der Waals surface area contributed by atoms with E-state index in [9.17, 15) is 14.4 Å². The quantitative estimate of drug-likeness (QED) is 0.721. The first-order valence-corrected chi connectivity index (χ1v) is 8.32. The lowest BCUT2D eigenvalue weighted by Crippen LogP contribution is -2.22. The van der Waals surface area contributed by atoms with Gasteiger partial charge in [0.2, 0.25) is 0 Å². The molecule has 0 spiro atoms. The summed E-state index contributed by atoms with van der Waals surface area (Å²) >= 11 is 0. The molecule has 0 saturated carbocycles. The molecule has 0 unspecified atom stereocenters. The molecule has 0 aliphatic carbocycles. The fourth-order valence-electron chi connectivity index (χ4n) is 3.06. The number of benzene rings is 2. The lowest BCUT2D eigenvalue weighted by atomic mass is 9.99. The number of imidazole rings is 1. The first kappa shape index (κ1) is 17.0. The average molecular weight is 337 g/mol. The average Bonchev–Trinajstić information content (AvgIpc) is 2.83. The number of halogens is 1. The van der Waals surface area contributed by atoms with E-state index in [-0.39, 0.29) is 11.3 Å². The topological polar surface area (TPSA) is 50.7 Å². The Morgan fingerprint density at radius 1 is 1.20 bits per heavy atom. The van der Waals surface area contributed by atoms with Gasteiger partial charge in [0.05, 0.1) is 16.6 Å². The zero-order chi connectivity index (χ0) is 18.1. The van der Waals surface area contributed by atoms with Gasteiger partial charge in [0.1, 0.15) is 11.9 Å². The third kappa shape index (κ3) is 2.96. The molecule has 2 aromatic carbocycles. The number of nitrogens with zero attached hydrogens (tertiary/aromatic N) is 3. The smallest absolute Gasteiger partial charge is 0.295 e. The van der Waals surface area contributed by atoms with Crippen LogP contribution in [0, 0.1) is 23.1 Å². The zero-order valence-electron chi connectivity index (χ0n) is 14.6. The van der Waals surface area contributed by atoms with Gasteiger partial charge in [-0.05, 0) is 36.1 Å². The predicted octanol–water partition coefficient (Wildman–Crippen LogP) is 4.06. The fourth-order valence-corrected chi connectivity index (χ4v) is 3.06. The Kier molecular flexibility index (Phi) is 4.45. The molecule has 25 heavy (non-hydrogen) atoms. The van der Waals surface area contributed by atoms with Crippen molar-refractivity contribution in [2.45, 2.75) is 26.8 Å². The maximum absolute atomic E-state index is 13.9. The van der Waals surface area contributed by atoms with E-state index < -0.39 is 5.82 Å². The van der Waals surface area contributed by atoms with E-state index in [4.69, 9.17) is 0 Å². The van der Waals surface area contributed by atoms with Crippen LogP contribution < -0.4 is 5.69 Å². The molecular formula is C20H20FN3O. The van der Waals surface area contributed by atoms with Crippen LogP contribution in [0.1, 0.15) is 25.8 Å². The van der Waals surface area contributed by atoms with Gasteiger partial charge in [0, 0.05) is 19.2 Å². The van der Waals surface area contributed by atoms with Gasteiger partial charge in [0.25, 0.3) is 0 Å². The Morgan fingerprint density at radius 3 is 2.64 bits per heavy atom. The number of aryl methyl sites for hydroxylation is 2. The molecule has 0 atom stereocenters. The minimum absolute atomic E-state index is 0.0195. The van der Waals surface area contributed by atoms with Crippen molar-refractivity contribution >= 4 is 11.0 Å². The van der Waals surface area contributed by atoms with Crippen LogP contribution in [-0.4, -0.2) is 9.13 Å². The first-order chi connectivity index (χ1) is 11.9. The minimum Gasteiger partial charge on any atom is -0.295 e. The minimum atomic E-state index is -0.538. The summed E-state index contributed by atoms with van der Waals surface area (Å²) in [6, 6.07) is 12.1. The molecule has 0 fully saturated rings. The van der Waals surface area contributed by atoms with E-state index in [0.29, 0.717) is 18.0 Å². The van der Waals surface area contributed by atoms with Crippen LogP contribution in [0.2, 0.25) is 0 Å². The summed E-state index contributed by atoms with van der Waals surface area (Å²) in [4.78, 5) is 12.5. The van der Waals surface area contributed by atoms with Crippen molar-refractivity contribution in [3.63, 3.8) is 0 Å².